The van der Waals surface area contributed by atoms with Crippen molar-refractivity contribution in [1.82, 2.24) is 5.32 Å². The average molecular weight is 329 g/mol. The quantitative estimate of drug-likeness (QED) is 0.842. The number of urea groups is 1. The first-order chi connectivity index (χ1) is 11.0. The predicted octanol–water partition coefficient (Wildman–Crippen LogP) is 4.42. The van der Waals surface area contributed by atoms with Gasteiger partial charge in [0.2, 0.25) is 0 Å². The van der Waals surface area contributed by atoms with Gasteiger partial charge in [-0.1, -0.05) is 29.3 Å². The minimum Gasteiger partial charge on any atom is -0.467 e. The van der Waals surface area contributed by atoms with Gasteiger partial charge in [0, 0.05) is 22.7 Å². The van der Waals surface area contributed by atoms with Crippen molar-refractivity contribution < 1.29 is 9.53 Å². The molecule has 0 aliphatic carbocycles. The van der Waals surface area contributed by atoms with Crippen LogP contribution in [0.15, 0.2) is 42.5 Å². The molecule has 2 heterocycles. The van der Waals surface area contributed by atoms with Crippen molar-refractivity contribution in [3.05, 3.63) is 58.6 Å². The Balaban J connectivity index is 1.79. The molecule has 0 aromatic heterocycles. The maximum absolute atomic E-state index is 12.7. The second-order valence-electron chi connectivity index (χ2n) is 6.34. The molecule has 0 spiro atoms. The summed E-state index contributed by atoms with van der Waals surface area (Å²) in [5.41, 5.74) is 2.19. The van der Waals surface area contributed by atoms with E-state index in [1.807, 2.05) is 56.3 Å². The first-order valence-corrected chi connectivity index (χ1v) is 8.00. The number of carbonyl (C=O) groups excluding carboxylic acids is 1. The van der Waals surface area contributed by atoms with Crippen molar-refractivity contribution >= 4 is 23.3 Å². The number of nitrogens with zero attached hydrogens (tertiary/aromatic N) is 1. The number of halogens is 1. The molecule has 2 atom stereocenters. The minimum absolute atomic E-state index is 0.0864. The summed E-state index contributed by atoms with van der Waals surface area (Å²) in [6.07, 6.45) is 0.667. The Hall–Kier alpha value is -2.20. The van der Waals surface area contributed by atoms with E-state index in [-0.39, 0.29) is 12.1 Å². The van der Waals surface area contributed by atoms with Gasteiger partial charge in [-0.2, -0.15) is 0 Å². The van der Waals surface area contributed by atoms with Crippen LogP contribution in [0.4, 0.5) is 10.5 Å². The van der Waals surface area contributed by atoms with E-state index in [2.05, 4.69) is 5.32 Å². The van der Waals surface area contributed by atoms with Crippen molar-refractivity contribution in [3.63, 3.8) is 0 Å². The molecule has 1 N–H and O–H groups in total. The number of benzene rings is 2. The van der Waals surface area contributed by atoms with E-state index in [0.29, 0.717) is 11.4 Å². The lowest BCUT2D eigenvalue weighted by atomic mass is 9.90. The molecule has 1 saturated heterocycles. The zero-order chi connectivity index (χ0) is 16.2. The summed E-state index contributed by atoms with van der Waals surface area (Å²) in [7, 11) is 0. The molecule has 2 aromatic carbocycles. The van der Waals surface area contributed by atoms with Crippen molar-refractivity contribution in [2.24, 2.45) is 0 Å². The van der Waals surface area contributed by atoms with Gasteiger partial charge in [0.15, 0.2) is 5.72 Å². The number of hydrogen-bond donors (Lipinski definition) is 1. The van der Waals surface area contributed by atoms with Crippen LogP contribution >= 0.6 is 11.6 Å². The number of carbonyl (C=O) groups is 1. The van der Waals surface area contributed by atoms with E-state index in [9.17, 15) is 4.79 Å². The molecule has 2 bridgehead atoms. The predicted molar refractivity (Wildman–Crippen MR) is 90.0 cm³/mol. The number of ether oxygens (including phenoxy) is 1. The van der Waals surface area contributed by atoms with E-state index in [0.717, 1.165) is 22.6 Å². The molecule has 0 saturated carbocycles. The summed E-state index contributed by atoms with van der Waals surface area (Å²) in [6, 6.07) is 13.2. The Morgan fingerprint density at radius 2 is 2.00 bits per heavy atom. The third-order valence-corrected chi connectivity index (χ3v) is 4.76. The second-order valence-corrected chi connectivity index (χ2v) is 6.77. The molecular formula is C18H17ClN2O2. The molecule has 118 valence electrons. The monoisotopic (exact) mass is 328 g/mol. The zero-order valence-corrected chi connectivity index (χ0v) is 13.7. The van der Waals surface area contributed by atoms with Gasteiger partial charge in [0.1, 0.15) is 5.75 Å². The van der Waals surface area contributed by atoms with Gasteiger partial charge in [-0.15, -0.1) is 0 Å². The average Bonchev–Trinajstić information content (AvgIpc) is 2.49. The fourth-order valence-electron chi connectivity index (χ4n) is 3.43. The fraction of sp³-hybridized carbons (Fsp3) is 0.278. The first kappa shape index (κ1) is 14.4. The lowest BCUT2D eigenvalue weighted by molar-refractivity contribution is 0.0379. The highest BCUT2D eigenvalue weighted by atomic mass is 35.5. The zero-order valence-electron chi connectivity index (χ0n) is 13.0. The molecule has 23 heavy (non-hydrogen) atoms. The van der Waals surface area contributed by atoms with Gasteiger partial charge in [-0.05, 0) is 44.2 Å². The smallest absolute Gasteiger partial charge is 0.325 e. The second kappa shape index (κ2) is 4.90. The molecule has 2 amide bonds. The molecule has 0 radical (unpaired) electrons. The highest BCUT2D eigenvalue weighted by Crippen LogP contribution is 2.46. The van der Waals surface area contributed by atoms with E-state index in [4.69, 9.17) is 16.3 Å². The first-order valence-electron chi connectivity index (χ1n) is 7.62. The number of nitrogens with one attached hydrogen (secondary N) is 1. The summed E-state index contributed by atoms with van der Waals surface area (Å²) < 4.78 is 6.22. The number of aryl methyl sites for hydroxylation is 1. The standard InChI is InChI=1S/C18H17ClN2O2/c1-11-3-6-13(7-4-11)21-17(22)20-15-10-18(21,2)23-16-8-5-12(19)9-14(15)16/h3-9,15H,10H2,1-2H3,(H,20,22)/t15-,18-/m0/s1. The van der Waals surface area contributed by atoms with Gasteiger partial charge in [-0.3, -0.25) is 4.90 Å². The van der Waals surface area contributed by atoms with Gasteiger partial charge in [0.25, 0.3) is 0 Å². The van der Waals surface area contributed by atoms with Gasteiger partial charge < -0.3 is 10.1 Å². The van der Waals surface area contributed by atoms with Crippen molar-refractivity contribution in [1.29, 1.82) is 0 Å². The molecule has 2 aliphatic heterocycles. The van der Waals surface area contributed by atoms with E-state index >= 15 is 0 Å². The lowest BCUT2D eigenvalue weighted by Crippen LogP contribution is -2.65. The van der Waals surface area contributed by atoms with Gasteiger partial charge in [0.05, 0.1) is 6.04 Å². The number of fused-ring (bicyclic) bond motifs is 4. The summed E-state index contributed by atoms with van der Waals surface area (Å²) in [5.74, 6) is 0.769. The Morgan fingerprint density at radius 1 is 1.26 bits per heavy atom. The SMILES string of the molecule is Cc1ccc(N2C(=O)N[C@H]3C[C@]2(C)Oc2ccc(Cl)cc23)cc1. The maximum atomic E-state index is 12.7. The number of anilines is 1. The fourth-order valence-corrected chi connectivity index (χ4v) is 3.61. The van der Waals surface area contributed by atoms with Crippen LogP contribution in [-0.4, -0.2) is 11.8 Å². The summed E-state index contributed by atoms with van der Waals surface area (Å²) in [4.78, 5) is 14.4. The Morgan fingerprint density at radius 3 is 2.74 bits per heavy atom. The highest BCUT2D eigenvalue weighted by molar-refractivity contribution is 6.30. The summed E-state index contributed by atoms with van der Waals surface area (Å²) in [6.45, 7) is 3.98. The molecule has 2 aromatic rings. The molecule has 5 heteroatoms. The number of amides is 2. The Bertz CT molecular complexity index is 790. The van der Waals surface area contributed by atoms with Crippen LogP contribution in [0, 0.1) is 6.92 Å². The molecule has 0 unspecified atom stereocenters. The highest BCUT2D eigenvalue weighted by Gasteiger charge is 2.49. The van der Waals surface area contributed by atoms with Crippen LogP contribution in [0.1, 0.15) is 30.5 Å². The summed E-state index contributed by atoms with van der Waals surface area (Å²) in [5, 5.41) is 3.71. The van der Waals surface area contributed by atoms with Crippen LogP contribution in [-0.2, 0) is 0 Å². The third kappa shape index (κ3) is 2.25. The largest absolute Gasteiger partial charge is 0.467 e. The van der Waals surface area contributed by atoms with Crippen molar-refractivity contribution in [2.75, 3.05) is 4.90 Å². The lowest BCUT2D eigenvalue weighted by Gasteiger charge is -2.50. The van der Waals surface area contributed by atoms with E-state index in [1.165, 1.54) is 0 Å². The summed E-state index contributed by atoms with van der Waals surface area (Å²) >= 11 is 6.09. The maximum Gasteiger partial charge on any atom is 0.325 e. The minimum atomic E-state index is -0.719. The molecular weight excluding hydrogens is 312 g/mol. The van der Waals surface area contributed by atoms with Crippen molar-refractivity contribution in [3.8, 4) is 5.75 Å². The molecule has 2 aliphatic rings. The van der Waals surface area contributed by atoms with Gasteiger partial charge in [-0.25, -0.2) is 4.79 Å². The van der Waals surface area contributed by atoms with Crippen LogP contribution < -0.4 is 15.0 Å². The molecule has 1 fully saturated rings. The Labute approximate surface area is 140 Å². The van der Waals surface area contributed by atoms with Crippen LogP contribution in [0.3, 0.4) is 0 Å². The van der Waals surface area contributed by atoms with Crippen LogP contribution in [0.5, 0.6) is 5.75 Å². The van der Waals surface area contributed by atoms with Crippen LogP contribution in [0.2, 0.25) is 5.02 Å². The topological polar surface area (TPSA) is 41.6 Å². The third-order valence-electron chi connectivity index (χ3n) is 4.53. The number of rotatable bonds is 1. The normalized spacial score (nSPS) is 25.4. The van der Waals surface area contributed by atoms with E-state index < -0.39 is 5.72 Å². The molecule has 4 nitrogen and oxygen atoms in total. The number of hydrogen-bond acceptors (Lipinski definition) is 2. The molecule has 4 rings (SSSR count). The van der Waals surface area contributed by atoms with Crippen LogP contribution in [0.25, 0.3) is 0 Å². The van der Waals surface area contributed by atoms with Gasteiger partial charge >= 0.3 is 6.03 Å². The Kier molecular flexibility index (Phi) is 3.07. The van der Waals surface area contributed by atoms with Crippen molar-refractivity contribution in [2.45, 2.75) is 32.0 Å². The van der Waals surface area contributed by atoms with E-state index in [1.54, 1.807) is 4.90 Å².